The molecular weight excluding hydrogens is 303 g/mol. The maximum absolute atomic E-state index is 13.1. The van der Waals surface area contributed by atoms with E-state index in [4.69, 9.17) is 0 Å². The van der Waals surface area contributed by atoms with Crippen molar-refractivity contribution in [1.82, 2.24) is 4.98 Å². The molecule has 0 aliphatic heterocycles. The van der Waals surface area contributed by atoms with Gasteiger partial charge in [-0.2, -0.15) is 8.42 Å². The molecule has 0 saturated heterocycles. The van der Waals surface area contributed by atoms with Gasteiger partial charge in [-0.15, -0.1) is 3.89 Å². The van der Waals surface area contributed by atoms with Crippen LogP contribution in [-0.2, 0) is 10.2 Å². The summed E-state index contributed by atoms with van der Waals surface area (Å²) >= 11 is 0. The van der Waals surface area contributed by atoms with E-state index in [2.05, 4.69) is 5.32 Å². The number of hydrogen-bond donors (Lipinski definition) is 3. The van der Waals surface area contributed by atoms with Crippen molar-refractivity contribution in [2.45, 2.75) is 4.90 Å². The fraction of sp³-hybridized carbons (Fsp3) is 0. The van der Waals surface area contributed by atoms with Gasteiger partial charge in [0.1, 0.15) is 4.90 Å². The van der Waals surface area contributed by atoms with Crippen LogP contribution in [-0.4, -0.2) is 24.4 Å². The zero-order chi connectivity index (χ0) is 15.6. The van der Waals surface area contributed by atoms with Crippen LogP contribution in [0.2, 0.25) is 0 Å². The minimum absolute atomic E-state index is 0.206. The molecule has 0 spiro atoms. The van der Waals surface area contributed by atoms with Crippen LogP contribution in [0.1, 0.15) is 10.4 Å². The number of halogens is 1. The molecular formula is C12H9FN2O5S. The van der Waals surface area contributed by atoms with Crippen LogP contribution in [0, 0.1) is 0 Å². The number of rotatable bonds is 3. The average molecular weight is 312 g/mol. The van der Waals surface area contributed by atoms with Crippen molar-refractivity contribution in [3.8, 4) is 5.88 Å². The Labute approximate surface area is 118 Å². The Bertz CT molecular complexity index is 860. The predicted octanol–water partition coefficient (Wildman–Crippen LogP) is 0.991. The van der Waals surface area contributed by atoms with Crippen LogP contribution in [0.5, 0.6) is 5.88 Å². The van der Waals surface area contributed by atoms with Gasteiger partial charge in [0.2, 0.25) is 0 Å². The number of amides is 1. The Kier molecular flexibility index (Phi) is 3.76. The summed E-state index contributed by atoms with van der Waals surface area (Å²) in [6.07, 6.45) is 0. The van der Waals surface area contributed by atoms with Crippen molar-refractivity contribution in [1.29, 1.82) is 0 Å². The predicted molar refractivity (Wildman–Crippen MR) is 71.4 cm³/mol. The molecule has 9 heteroatoms. The van der Waals surface area contributed by atoms with E-state index in [-0.39, 0.29) is 11.3 Å². The van der Waals surface area contributed by atoms with Crippen molar-refractivity contribution >= 4 is 21.8 Å². The van der Waals surface area contributed by atoms with Crippen molar-refractivity contribution in [3.05, 3.63) is 52.3 Å². The fourth-order valence-electron chi connectivity index (χ4n) is 1.64. The van der Waals surface area contributed by atoms with E-state index >= 15 is 0 Å². The number of benzene rings is 1. The monoisotopic (exact) mass is 312 g/mol. The van der Waals surface area contributed by atoms with Gasteiger partial charge < -0.3 is 10.4 Å². The molecule has 0 bridgehead atoms. The fourth-order valence-corrected chi connectivity index (χ4v) is 2.26. The Hall–Kier alpha value is -2.68. The lowest BCUT2D eigenvalue weighted by molar-refractivity contribution is 0.102. The Balaban J connectivity index is 2.39. The van der Waals surface area contributed by atoms with Gasteiger partial charge in [-0.3, -0.25) is 14.6 Å². The second kappa shape index (κ2) is 5.37. The molecule has 7 nitrogen and oxygen atoms in total. The molecule has 3 N–H and O–H groups in total. The quantitative estimate of drug-likeness (QED) is 0.731. The first-order chi connectivity index (χ1) is 9.77. The summed E-state index contributed by atoms with van der Waals surface area (Å²) < 4.78 is 35.0. The van der Waals surface area contributed by atoms with Crippen LogP contribution >= 0.6 is 0 Å². The van der Waals surface area contributed by atoms with Crippen LogP contribution in [0.3, 0.4) is 0 Å². The topological polar surface area (TPSA) is 116 Å². The number of carbonyl (C=O) groups is 1. The highest BCUT2D eigenvalue weighted by molar-refractivity contribution is 7.86. The van der Waals surface area contributed by atoms with Crippen molar-refractivity contribution in [2.75, 3.05) is 5.32 Å². The maximum Gasteiger partial charge on any atom is 0.334 e. The standard InChI is InChI=1S/C12H9FN2O5S/c13-21(19,20)9-4-2-1-3-8(9)14-12(18)7-5-10(16)15-11(17)6-7/h1-6H,(H,14,18)(H2,15,16,17). The molecule has 0 aliphatic rings. The molecule has 1 heterocycles. The molecule has 0 atom stereocenters. The van der Waals surface area contributed by atoms with Gasteiger partial charge >= 0.3 is 10.2 Å². The summed E-state index contributed by atoms with van der Waals surface area (Å²) in [5.74, 6) is -1.40. The molecule has 21 heavy (non-hydrogen) atoms. The summed E-state index contributed by atoms with van der Waals surface area (Å²) in [6.45, 7) is 0. The Morgan fingerprint density at radius 1 is 1.24 bits per heavy atom. The minimum atomic E-state index is -5.01. The lowest BCUT2D eigenvalue weighted by atomic mass is 10.2. The van der Waals surface area contributed by atoms with E-state index in [1.165, 1.54) is 18.2 Å². The molecule has 1 aromatic heterocycles. The molecule has 1 amide bonds. The van der Waals surface area contributed by atoms with Gasteiger partial charge in [0, 0.05) is 12.1 Å². The lowest BCUT2D eigenvalue weighted by Crippen LogP contribution is -2.17. The van der Waals surface area contributed by atoms with Gasteiger partial charge in [-0.25, -0.2) is 0 Å². The largest absolute Gasteiger partial charge is 0.494 e. The van der Waals surface area contributed by atoms with Gasteiger partial charge in [-0.1, -0.05) is 12.1 Å². The summed E-state index contributed by atoms with van der Waals surface area (Å²) in [4.78, 5) is 24.4. The van der Waals surface area contributed by atoms with E-state index in [1.54, 1.807) is 0 Å². The molecule has 2 rings (SSSR count). The zero-order valence-corrected chi connectivity index (χ0v) is 11.1. The summed E-state index contributed by atoms with van der Waals surface area (Å²) in [7, 11) is -5.01. The highest BCUT2D eigenvalue weighted by atomic mass is 32.3. The molecule has 2 aromatic rings. The number of hydrogen-bond acceptors (Lipinski definition) is 5. The van der Waals surface area contributed by atoms with Crippen molar-refractivity contribution < 1.29 is 22.2 Å². The third kappa shape index (κ3) is 3.45. The molecule has 0 fully saturated rings. The van der Waals surface area contributed by atoms with Crippen molar-refractivity contribution in [3.63, 3.8) is 0 Å². The number of nitrogens with one attached hydrogen (secondary N) is 2. The van der Waals surface area contributed by atoms with Gasteiger partial charge in [0.25, 0.3) is 11.5 Å². The SMILES string of the molecule is O=C(Nc1ccccc1S(=O)(=O)F)c1cc(O)[nH]c(=O)c1. The number of aromatic nitrogens is 1. The molecule has 0 saturated carbocycles. The van der Waals surface area contributed by atoms with Gasteiger partial charge in [0.05, 0.1) is 11.3 Å². The van der Waals surface area contributed by atoms with E-state index in [0.717, 1.165) is 18.2 Å². The van der Waals surface area contributed by atoms with E-state index in [0.29, 0.717) is 0 Å². The lowest BCUT2D eigenvalue weighted by Gasteiger charge is -2.08. The van der Waals surface area contributed by atoms with Gasteiger partial charge in [-0.05, 0) is 12.1 Å². The van der Waals surface area contributed by atoms with E-state index in [9.17, 15) is 27.0 Å². The Morgan fingerprint density at radius 3 is 2.52 bits per heavy atom. The number of aromatic amines is 1. The number of H-pyrrole nitrogens is 1. The number of para-hydroxylation sites is 1. The number of pyridine rings is 1. The minimum Gasteiger partial charge on any atom is -0.494 e. The molecule has 1 aromatic carbocycles. The normalized spacial score (nSPS) is 11.1. The summed E-state index contributed by atoms with van der Waals surface area (Å²) in [6, 6.07) is 6.75. The van der Waals surface area contributed by atoms with Crippen LogP contribution in [0.15, 0.2) is 46.1 Å². The first kappa shape index (κ1) is 14.7. The van der Waals surface area contributed by atoms with E-state index < -0.39 is 32.5 Å². The molecule has 110 valence electrons. The number of aromatic hydroxyl groups is 1. The van der Waals surface area contributed by atoms with Gasteiger partial charge in [0.15, 0.2) is 5.88 Å². The first-order valence-electron chi connectivity index (χ1n) is 5.56. The zero-order valence-electron chi connectivity index (χ0n) is 10.3. The van der Waals surface area contributed by atoms with Crippen LogP contribution < -0.4 is 10.9 Å². The smallest absolute Gasteiger partial charge is 0.334 e. The second-order valence-electron chi connectivity index (χ2n) is 4.01. The first-order valence-corrected chi connectivity index (χ1v) is 6.94. The van der Waals surface area contributed by atoms with E-state index in [1.807, 2.05) is 4.98 Å². The third-order valence-corrected chi connectivity index (χ3v) is 3.37. The van der Waals surface area contributed by atoms with Crippen LogP contribution in [0.4, 0.5) is 9.57 Å². The highest BCUT2D eigenvalue weighted by Gasteiger charge is 2.19. The van der Waals surface area contributed by atoms with Crippen LogP contribution in [0.25, 0.3) is 0 Å². The number of carbonyl (C=O) groups excluding carboxylic acids is 1. The average Bonchev–Trinajstić information content (AvgIpc) is 2.37. The highest BCUT2D eigenvalue weighted by Crippen LogP contribution is 2.23. The maximum atomic E-state index is 13.1. The number of anilines is 1. The molecule has 0 aliphatic carbocycles. The molecule has 0 radical (unpaired) electrons. The second-order valence-corrected chi connectivity index (χ2v) is 5.32. The summed E-state index contributed by atoms with van der Waals surface area (Å²) in [5, 5.41) is 11.4. The molecule has 0 unspecified atom stereocenters. The summed E-state index contributed by atoms with van der Waals surface area (Å²) in [5.41, 5.74) is -1.20. The van der Waals surface area contributed by atoms with Crippen molar-refractivity contribution in [2.24, 2.45) is 0 Å². The third-order valence-electron chi connectivity index (χ3n) is 2.49. The Morgan fingerprint density at radius 2 is 1.90 bits per heavy atom.